The van der Waals surface area contributed by atoms with Crippen molar-refractivity contribution in [3.63, 3.8) is 0 Å². The molecule has 0 spiro atoms. The number of hydrogen-bond acceptors (Lipinski definition) is 5. The highest BCUT2D eigenvalue weighted by molar-refractivity contribution is 6.31. The number of ether oxygens (including phenoxy) is 1. The molecule has 1 N–H and O–H groups in total. The summed E-state index contributed by atoms with van der Waals surface area (Å²) in [5.41, 5.74) is 0.748. The molecule has 0 amide bonds. The molecular weight excluding hydrogens is 394 g/mol. The number of anilines is 1. The summed E-state index contributed by atoms with van der Waals surface area (Å²) in [5.74, 6) is 0.516. The van der Waals surface area contributed by atoms with E-state index in [0.29, 0.717) is 41.8 Å². The molecule has 2 heterocycles. The molecule has 0 aliphatic rings. The Morgan fingerprint density at radius 2 is 1.90 bits per heavy atom. The molecule has 0 bridgehead atoms. The van der Waals surface area contributed by atoms with Crippen molar-refractivity contribution in [1.29, 1.82) is 0 Å². The first-order chi connectivity index (χ1) is 13.8. The number of nitrogens with zero attached hydrogens (tertiary/aromatic N) is 4. The topological polar surface area (TPSA) is 83.1 Å². The maximum Gasteiger partial charge on any atom is 0.332 e. The number of imidazole rings is 1. The molecule has 0 atom stereocenters. The molecule has 0 aliphatic heterocycles. The Morgan fingerprint density at radius 1 is 1.17 bits per heavy atom. The maximum absolute atomic E-state index is 12.9. The van der Waals surface area contributed by atoms with Gasteiger partial charge < -0.3 is 10.1 Å². The third-order valence-corrected chi connectivity index (χ3v) is 5.06. The Balaban J connectivity index is 2.03. The lowest BCUT2D eigenvalue weighted by atomic mass is 10.2. The Hall–Kier alpha value is -2.58. The predicted octanol–water partition coefficient (Wildman–Crippen LogP) is 2.36. The van der Waals surface area contributed by atoms with E-state index in [0.717, 1.165) is 16.6 Å². The van der Waals surface area contributed by atoms with Crippen molar-refractivity contribution in [2.24, 2.45) is 14.1 Å². The lowest BCUT2D eigenvalue weighted by Crippen LogP contribution is -2.37. The van der Waals surface area contributed by atoms with Crippen LogP contribution >= 0.6 is 11.6 Å². The Kier molecular flexibility index (Phi) is 6.44. The molecule has 0 unspecified atom stereocenters. The first-order valence-electron chi connectivity index (χ1n) is 9.56. The SMILES string of the molecule is CC(C)OCCCNc1nc2c(c(=O)n(C)c(=O)n2C)n1Cc1ccccc1Cl. The molecule has 0 fully saturated rings. The van der Waals surface area contributed by atoms with Crippen molar-refractivity contribution in [1.82, 2.24) is 18.7 Å². The van der Waals surface area contributed by atoms with Crippen molar-refractivity contribution in [2.45, 2.75) is 32.9 Å². The second-order valence-electron chi connectivity index (χ2n) is 7.19. The highest BCUT2D eigenvalue weighted by atomic mass is 35.5. The van der Waals surface area contributed by atoms with Gasteiger partial charge in [-0.3, -0.25) is 18.5 Å². The van der Waals surface area contributed by atoms with Crippen molar-refractivity contribution in [3.05, 3.63) is 55.7 Å². The second-order valence-corrected chi connectivity index (χ2v) is 7.60. The van der Waals surface area contributed by atoms with Crippen LogP contribution in [-0.4, -0.2) is 37.9 Å². The third kappa shape index (κ3) is 4.38. The molecular formula is C20H26ClN5O3. The monoisotopic (exact) mass is 419 g/mol. The average molecular weight is 420 g/mol. The number of aromatic nitrogens is 4. The normalized spacial score (nSPS) is 11.5. The number of nitrogens with one attached hydrogen (secondary N) is 1. The summed E-state index contributed by atoms with van der Waals surface area (Å²) in [6.45, 7) is 5.58. The lowest BCUT2D eigenvalue weighted by molar-refractivity contribution is 0.0787. The van der Waals surface area contributed by atoms with E-state index in [9.17, 15) is 9.59 Å². The summed E-state index contributed by atoms with van der Waals surface area (Å²) in [6, 6.07) is 7.46. The summed E-state index contributed by atoms with van der Waals surface area (Å²) in [5, 5.41) is 3.88. The van der Waals surface area contributed by atoms with Gasteiger partial charge >= 0.3 is 5.69 Å². The van der Waals surface area contributed by atoms with E-state index in [2.05, 4.69) is 10.3 Å². The standard InChI is InChI=1S/C20H26ClN5O3/c1-13(2)29-11-7-10-22-19-23-17-16(18(27)25(4)20(28)24(17)3)26(19)12-14-8-5-6-9-15(14)21/h5-6,8-9,13H,7,10-12H2,1-4H3,(H,22,23). The van der Waals surface area contributed by atoms with Crippen LogP contribution in [0.3, 0.4) is 0 Å². The van der Waals surface area contributed by atoms with E-state index in [-0.39, 0.29) is 11.7 Å². The maximum atomic E-state index is 12.9. The van der Waals surface area contributed by atoms with Crippen LogP contribution in [-0.2, 0) is 25.4 Å². The molecule has 9 heteroatoms. The van der Waals surface area contributed by atoms with Gasteiger partial charge in [-0.2, -0.15) is 4.98 Å². The minimum absolute atomic E-state index is 0.178. The van der Waals surface area contributed by atoms with Gasteiger partial charge in [0.15, 0.2) is 11.2 Å². The van der Waals surface area contributed by atoms with Crippen LogP contribution in [0.1, 0.15) is 25.8 Å². The van der Waals surface area contributed by atoms with E-state index in [4.69, 9.17) is 16.3 Å². The van der Waals surface area contributed by atoms with Crippen LogP contribution < -0.4 is 16.6 Å². The van der Waals surface area contributed by atoms with Gasteiger partial charge in [-0.25, -0.2) is 4.79 Å². The minimum Gasteiger partial charge on any atom is -0.379 e. The lowest BCUT2D eigenvalue weighted by Gasteiger charge is -2.12. The van der Waals surface area contributed by atoms with Gasteiger partial charge in [0.1, 0.15) is 0 Å². The third-order valence-electron chi connectivity index (χ3n) is 4.69. The number of rotatable bonds is 8. The second kappa shape index (κ2) is 8.84. The van der Waals surface area contributed by atoms with E-state index in [1.54, 1.807) is 17.7 Å². The number of halogens is 1. The van der Waals surface area contributed by atoms with E-state index < -0.39 is 5.69 Å². The average Bonchev–Trinajstić information content (AvgIpc) is 3.04. The largest absolute Gasteiger partial charge is 0.379 e. The van der Waals surface area contributed by atoms with Gasteiger partial charge in [0.05, 0.1) is 12.6 Å². The predicted molar refractivity (Wildman–Crippen MR) is 115 cm³/mol. The van der Waals surface area contributed by atoms with Crippen LogP contribution in [0, 0.1) is 0 Å². The smallest absolute Gasteiger partial charge is 0.332 e. The quantitative estimate of drug-likeness (QED) is 0.567. The van der Waals surface area contributed by atoms with Crippen LogP contribution in [0.4, 0.5) is 5.95 Å². The number of benzene rings is 1. The Morgan fingerprint density at radius 3 is 2.59 bits per heavy atom. The van der Waals surface area contributed by atoms with Crippen molar-refractivity contribution in [2.75, 3.05) is 18.5 Å². The molecule has 1 aromatic carbocycles. The van der Waals surface area contributed by atoms with Gasteiger partial charge in [-0.1, -0.05) is 29.8 Å². The zero-order valence-corrected chi connectivity index (χ0v) is 17.9. The molecule has 29 heavy (non-hydrogen) atoms. The van der Waals surface area contributed by atoms with Crippen LogP contribution in [0.25, 0.3) is 11.2 Å². The molecule has 0 saturated heterocycles. The van der Waals surface area contributed by atoms with Gasteiger partial charge in [-0.15, -0.1) is 0 Å². The van der Waals surface area contributed by atoms with E-state index in [1.165, 1.54) is 11.6 Å². The molecule has 3 aromatic rings. The van der Waals surface area contributed by atoms with Gasteiger partial charge in [0, 0.05) is 32.3 Å². The molecule has 2 aromatic heterocycles. The number of hydrogen-bond donors (Lipinski definition) is 1. The van der Waals surface area contributed by atoms with Crippen LogP contribution in [0.2, 0.25) is 5.02 Å². The Bertz CT molecular complexity index is 1130. The first kappa shape index (κ1) is 21.1. The molecule has 0 radical (unpaired) electrons. The van der Waals surface area contributed by atoms with Crippen molar-refractivity contribution in [3.8, 4) is 0 Å². The highest BCUT2D eigenvalue weighted by Crippen LogP contribution is 2.22. The highest BCUT2D eigenvalue weighted by Gasteiger charge is 2.19. The summed E-state index contributed by atoms with van der Waals surface area (Å²) in [6.07, 6.45) is 0.960. The first-order valence-corrected chi connectivity index (χ1v) is 9.94. The number of fused-ring (bicyclic) bond motifs is 1. The zero-order chi connectivity index (χ0) is 21.1. The fraction of sp³-hybridized carbons (Fsp3) is 0.450. The number of aryl methyl sites for hydroxylation is 1. The molecule has 3 rings (SSSR count). The molecule has 8 nitrogen and oxygen atoms in total. The molecule has 0 aliphatic carbocycles. The van der Waals surface area contributed by atoms with Crippen LogP contribution in [0.15, 0.2) is 33.9 Å². The van der Waals surface area contributed by atoms with E-state index >= 15 is 0 Å². The van der Waals surface area contributed by atoms with Crippen molar-refractivity contribution >= 4 is 28.7 Å². The zero-order valence-electron chi connectivity index (χ0n) is 17.1. The summed E-state index contributed by atoms with van der Waals surface area (Å²) >= 11 is 6.34. The summed E-state index contributed by atoms with van der Waals surface area (Å²) in [4.78, 5) is 29.7. The summed E-state index contributed by atoms with van der Waals surface area (Å²) < 4.78 is 9.82. The van der Waals surface area contributed by atoms with Gasteiger partial charge in [-0.05, 0) is 31.9 Å². The van der Waals surface area contributed by atoms with Gasteiger partial charge in [0.25, 0.3) is 5.56 Å². The van der Waals surface area contributed by atoms with Crippen molar-refractivity contribution < 1.29 is 4.74 Å². The fourth-order valence-corrected chi connectivity index (χ4v) is 3.32. The van der Waals surface area contributed by atoms with Gasteiger partial charge in [0.2, 0.25) is 5.95 Å². The minimum atomic E-state index is -0.415. The molecule has 0 saturated carbocycles. The molecule has 156 valence electrons. The fourth-order valence-electron chi connectivity index (χ4n) is 3.12. The van der Waals surface area contributed by atoms with E-state index in [1.807, 2.05) is 32.0 Å². The van der Waals surface area contributed by atoms with Crippen LogP contribution in [0.5, 0.6) is 0 Å². The summed E-state index contributed by atoms with van der Waals surface area (Å²) in [7, 11) is 3.07. The Labute approximate surface area is 173 Å².